The summed E-state index contributed by atoms with van der Waals surface area (Å²) in [5.74, 6) is -0.650. The van der Waals surface area contributed by atoms with Crippen LogP contribution in [0.2, 0.25) is 0 Å². The van der Waals surface area contributed by atoms with Crippen molar-refractivity contribution in [2.24, 2.45) is 0 Å². The number of rotatable bonds is 3. The molecule has 3 heteroatoms. The van der Waals surface area contributed by atoms with E-state index in [1.807, 2.05) is 31.2 Å². The average molecular weight is 319 g/mol. The molecule has 0 aromatic heterocycles. The fourth-order valence-corrected chi connectivity index (χ4v) is 2.20. The molecule has 0 aliphatic heterocycles. The van der Waals surface area contributed by atoms with E-state index in [0.29, 0.717) is 10.0 Å². The lowest BCUT2D eigenvalue weighted by Crippen LogP contribution is -1.95. The lowest BCUT2D eigenvalue weighted by atomic mass is 10.1. The Kier molecular flexibility index (Phi) is 4.27. The maximum atomic E-state index is 13.2. The molecule has 0 bridgehead atoms. The van der Waals surface area contributed by atoms with Crippen molar-refractivity contribution in [2.75, 3.05) is 0 Å². The highest BCUT2D eigenvalue weighted by atomic mass is 79.9. The van der Waals surface area contributed by atoms with E-state index in [2.05, 4.69) is 15.9 Å². The number of benzene rings is 2. The topological polar surface area (TPSA) is 17.1 Å². The molecule has 0 spiro atoms. The van der Waals surface area contributed by atoms with Crippen molar-refractivity contribution in [3.05, 3.63) is 75.5 Å². The molecule has 0 aliphatic carbocycles. The molecule has 0 amide bonds. The molecule has 2 aromatic rings. The third-order valence-corrected chi connectivity index (χ3v) is 3.07. The van der Waals surface area contributed by atoms with Crippen molar-refractivity contribution >= 4 is 27.8 Å². The summed E-state index contributed by atoms with van der Waals surface area (Å²) in [4.78, 5) is 11.9. The average Bonchev–Trinajstić information content (AvgIpc) is 2.35. The van der Waals surface area contributed by atoms with Gasteiger partial charge in [0.05, 0.1) is 0 Å². The number of ketones is 1. The first-order chi connectivity index (χ1) is 9.04. The molecule has 0 aliphatic rings. The van der Waals surface area contributed by atoms with Crippen LogP contribution in [0.5, 0.6) is 0 Å². The molecular weight excluding hydrogens is 307 g/mol. The summed E-state index contributed by atoms with van der Waals surface area (Å²) in [5.41, 5.74) is 2.41. The van der Waals surface area contributed by atoms with E-state index in [1.54, 1.807) is 12.1 Å². The maximum Gasteiger partial charge on any atom is 0.185 e. The maximum absolute atomic E-state index is 13.2. The molecule has 0 N–H and O–H groups in total. The van der Waals surface area contributed by atoms with Crippen LogP contribution >= 0.6 is 15.9 Å². The SMILES string of the molecule is Cc1cccc(/C=C/C(=O)c2cc(F)cc(Br)c2)c1. The smallest absolute Gasteiger partial charge is 0.185 e. The summed E-state index contributed by atoms with van der Waals surface area (Å²) in [6.45, 7) is 1.99. The second-order valence-electron chi connectivity index (χ2n) is 4.27. The highest BCUT2D eigenvalue weighted by Gasteiger charge is 2.05. The van der Waals surface area contributed by atoms with Crippen LogP contribution in [0.4, 0.5) is 4.39 Å². The van der Waals surface area contributed by atoms with E-state index in [-0.39, 0.29) is 5.78 Å². The first kappa shape index (κ1) is 13.7. The summed E-state index contributed by atoms with van der Waals surface area (Å²) >= 11 is 3.17. The van der Waals surface area contributed by atoms with E-state index in [1.165, 1.54) is 18.2 Å². The Morgan fingerprint density at radius 3 is 2.68 bits per heavy atom. The summed E-state index contributed by atoms with van der Waals surface area (Å²) < 4.78 is 13.8. The molecule has 1 nitrogen and oxygen atoms in total. The largest absolute Gasteiger partial charge is 0.289 e. The highest BCUT2D eigenvalue weighted by Crippen LogP contribution is 2.16. The number of aryl methyl sites for hydroxylation is 1. The zero-order chi connectivity index (χ0) is 13.8. The minimum atomic E-state index is -0.429. The molecule has 0 radical (unpaired) electrons. The quantitative estimate of drug-likeness (QED) is 0.587. The van der Waals surface area contributed by atoms with Crippen LogP contribution in [0.1, 0.15) is 21.5 Å². The van der Waals surface area contributed by atoms with Crippen LogP contribution in [0.25, 0.3) is 6.08 Å². The molecule has 0 saturated heterocycles. The van der Waals surface area contributed by atoms with Gasteiger partial charge in [0.15, 0.2) is 5.78 Å². The van der Waals surface area contributed by atoms with Crippen molar-refractivity contribution in [3.8, 4) is 0 Å². The van der Waals surface area contributed by atoms with Gasteiger partial charge in [-0.1, -0.05) is 51.8 Å². The molecule has 0 saturated carbocycles. The van der Waals surface area contributed by atoms with Crippen LogP contribution in [0.15, 0.2) is 53.0 Å². The molecule has 19 heavy (non-hydrogen) atoms. The number of carbonyl (C=O) groups excluding carboxylic acids is 1. The second-order valence-corrected chi connectivity index (χ2v) is 5.19. The number of allylic oxidation sites excluding steroid dienone is 1. The van der Waals surface area contributed by atoms with Crippen molar-refractivity contribution < 1.29 is 9.18 Å². The Morgan fingerprint density at radius 1 is 1.21 bits per heavy atom. The Bertz CT molecular complexity index is 627. The van der Waals surface area contributed by atoms with Gasteiger partial charge in [0.25, 0.3) is 0 Å². The van der Waals surface area contributed by atoms with E-state index in [0.717, 1.165) is 11.1 Å². The van der Waals surface area contributed by atoms with Gasteiger partial charge in [0.2, 0.25) is 0 Å². The van der Waals surface area contributed by atoms with Gasteiger partial charge < -0.3 is 0 Å². The van der Waals surface area contributed by atoms with Crippen LogP contribution in [0.3, 0.4) is 0 Å². The highest BCUT2D eigenvalue weighted by molar-refractivity contribution is 9.10. The van der Waals surface area contributed by atoms with Crippen LogP contribution in [-0.4, -0.2) is 5.78 Å². The first-order valence-corrected chi connectivity index (χ1v) is 6.59. The van der Waals surface area contributed by atoms with Crippen LogP contribution in [-0.2, 0) is 0 Å². The van der Waals surface area contributed by atoms with Crippen molar-refractivity contribution in [1.82, 2.24) is 0 Å². The first-order valence-electron chi connectivity index (χ1n) is 5.80. The van der Waals surface area contributed by atoms with Gasteiger partial charge in [0.1, 0.15) is 5.82 Å². The number of hydrogen-bond donors (Lipinski definition) is 0. The standard InChI is InChI=1S/C16H12BrFO/c1-11-3-2-4-12(7-11)5-6-16(19)13-8-14(17)10-15(18)9-13/h2-10H,1H3/b6-5+. The molecule has 0 heterocycles. The molecule has 0 unspecified atom stereocenters. The minimum absolute atomic E-state index is 0.221. The number of halogens is 2. The van der Waals surface area contributed by atoms with Crippen molar-refractivity contribution in [1.29, 1.82) is 0 Å². The van der Waals surface area contributed by atoms with E-state index >= 15 is 0 Å². The Labute approximate surface area is 119 Å². The Balaban J connectivity index is 2.21. The summed E-state index contributed by atoms with van der Waals surface area (Å²) in [6.07, 6.45) is 3.18. The minimum Gasteiger partial charge on any atom is -0.289 e. The van der Waals surface area contributed by atoms with E-state index < -0.39 is 5.82 Å². The van der Waals surface area contributed by atoms with Gasteiger partial charge in [-0.25, -0.2) is 4.39 Å². The third-order valence-electron chi connectivity index (χ3n) is 2.62. The van der Waals surface area contributed by atoms with E-state index in [9.17, 15) is 9.18 Å². The predicted molar refractivity (Wildman–Crippen MR) is 78.6 cm³/mol. The van der Waals surface area contributed by atoms with Gasteiger partial charge in [-0.05, 0) is 36.8 Å². The van der Waals surface area contributed by atoms with Crippen LogP contribution in [0, 0.1) is 12.7 Å². The lowest BCUT2D eigenvalue weighted by molar-refractivity contribution is 0.104. The Morgan fingerprint density at radius 2 is 2.00 bits per heavy atom. The van der Waals surface area contributed by atoms with Crippen molar-refractivity contribution in [2.45, 2.75) is 6.92 Å². The van der Waals surface area contributed by atoms with E-state index in [4.69, 9.17) is 0 Å². The molecule has 2 aromatic carbocycles. The fraction of sp³-hybridized carbons (Fsp3) is 0.0625. The predicted octanol–water partition coefficient (Wildman–Crippen LogP) is 4.79. The van der Waals surface area contributed by atoms with Gasteiger partial charge in [0, 0.05) is 10.0 Å². The zero-order valence-corrected chi connectivity index (χ0v) is 11.9. The van der Waals surface area contributed by atoms with Crippen LogP contribution < -0.4 is 0 Å². The summed E-state index contributed by atoms with van der Waals surface area (Å²) in [7, 11) is 0. The third kappa shape index (κ3) is 3.86. The molecule has 0 fully saturated rings. The summed E-state index contributed by atoms with van der Waals surface area (Å²) in [5, 5.41) is 0. The van der Waals surface area contributed by atoms with Gasteiger partial charge >= 0.3 is 0 Å². The van der Waals surface area contributed by atoms with Gasteiger partial charge in [-0.15, -0.1) is 0 Å². The molecule has 0 atom stereocenters. The molecule has 96 valence electrons. The fourth-order valence-electron chi connectivity index (χ4n) is 1.74. The van der Waals surface area contributed by atoms with Gasteiger partial charge in [-0.2, -0.15) is 0 Å². The zero-order valence-electron chi connectivity index (χ0n) is 10.4. The molecule has 2 rings (SSSR count). The van der Waals surface area contributed by atoms with Crippen molar-refractivity contribution in [3.63, 3.8) is 0 Å². The molecular formula is C16H12BrFO. The van der Waals surface area contributed by atoms with Gasteiger partial charge in [-0.3, -0.25) is 4.79 Å². The monoisotopic (exact) mass is 318 g/mol. The summed E-state index contributed by atoms with van der Waals surface area (Å²) in [6, 6.07) is 12.0. The number of carbonyl (C=O) groups is 1. The Hall–Kier alpha value is -1.74. The normalized spacial score (nSPS) is 10.9. The second kappa shape index (κ2) is 5.93. The number of hydrogen-bond acceptors (Lipinski definition) is 1. The lowest BCUT2D eigenvalue weighted by Gasteiger charge is -1.99.